The Kier molecular flexibility index (Phi) is 7.56. The molecule has 0 saturated heterocycles. The highest BCUT2D eigenvalue weighted by molar-refractivity contribution is 6.04. The number of hydrogen-bond acceptors (Lipinski definition) is 2. The van der Waals surface area contributed by atoms with Crippen LogP contribution in [0.2, 0.25) is 0 Å². The first kappa shape index (κ1) is 25.2. The molecule has 1 aliphatic rings. The third kappa shape index (κ3) is 5.04. The van der Waals surface area contributed by atoms with Crippen LogP contribution < -0.4 is 5.32 Å². The van der Waals surface area contributed by atoms with Crippen LogP contribution in [0.25, 0.3) is 17.3 Å². The summed E-state index contributed by atoms with van der Waals surface area (Å²) >= 11 is 0. The molecule has 1 unspecified atom stereocenters. The molecule has 0 spiro atoms. The number of carbonyl (C=O) groups excluding carboxylic acids is 1. The van der Waals surface area contributed by atoms with E-state index in [1.807, 2.05) is 13.8 Å². The second-order valence-electron chi connectivity index (χ2n) is 7.21. The molecule has 180 valence electrons. The minimum absolute atomic E-state index is 0.0204. The van der Waals surface area contributed by atoms with Crippen LogP contribution in [-0.2, 0) is 17.5 Å². The van der Waals surface area contributed by atoms with Crippen molar-refractivity contribution in [2.45, 2.75) is 32.7 Å². The summed E-state index contributed by atoms with van der Waals surface area (Å²) in [7, 11) is 1.48. The van der Waals surface area contributed by atoms with Gasteiger partial charge in [-0.3, -0.25) is 4.79 Å². The van der Waals surface area contributed by atoms with Crippen molar-refractivity contribution >= 4 is 17.7 Å². The average Bonchev–Trinajstić information content (AvgIpc) is 3.22. The number of alkyl halides is 3. The number of halogens is 5. The summed E-state index contributed by atoms with van der Waals surface area (Å²) in [6.45, 7) is 4.21. The summed E-state index contributed by atoms with van der Waals surface area (Å²) in [5.74, 6) is -3.31. The Labute approximate surface area is 193 Å². The van der Waals surface area contributed by atoms with Crippen molar-refractivity contribution in [3.8, 4) is 11.3 Å². The van der Waals surface area contributed by atoms with Crippen LogP contribution in [0, 0.1) is 11.6 Å². The van der Waals surface area contributed by atoms with Crippen molar-refractivity contribution in [1.29, 1.82) is 0 Å². The molecular formula is C25H23F5N2O2. The fourth-order valence-electron chi connectivity index (χ4n) is 3.62. The molecule has 9 heteroatoms. The second kappa shape index (κ2) is 10.2. The average molecular weight is 478 g/mol. The first-order valence-corrected chi connectivity index (χ1v) is 10.6. The smallest absolute Gasteiger partial charge is 0.376 e. The minimum Gasteiger partial charge on any atom is -0.376 e. The van der Waals surface area contributed by atoms with Gasteiger partial charge in [0.05, 0.1) is 29.5 Å². The number of carbonyl (C=O) groups is 1. The van der Waals surface area contributed by atoms with E-state index in [4.69, 9.17) is 4.74 Å². The lowest BCUT2D eigenvalue weighted by molar-refractivity contribution is -0.137. The van der Waals surface area contributed by atoms with Crippen molar-refractivity contribution in [2.24, 2.45) is 0 Å². The lowest BCUT2D eigenvalue weighted by Crippen LogP contribution is -2.21. The highest BCUT2D eigenvalue weighted by Gasteiger charge is 2.37. The van der Waals surface area contributed by atoms with E-state index in [-0.39, 0.29) is 29.6 Å². The van der Waals surface area contributed by atoms with E-state index >= 15 is 0 Å². The van der Waals surface area contributed by atoms with Crippen LogP contribution in [0.15, 0.2) is 54.6 Å². The number of anilines is 1. The van der Waals surface area contributed by atoms with Gasteiger partial charge < -0.3 is 14.6 Å². The lowest BCUT2D eigenvalue weighted by Gasteiger charge is -2.21. The van der Waals surface area contributed by atoms with Crippen LogP contribution in [0.3, 0.4) is 0 Å². The predicted octanol–water partition coefficient (Wildman–Crippen LogP) is 6.77. The van der Waals surface area contributed by atoms with Gasteiger partial charge in [-0.15, -0.1) is 0 Å². The number of rotatable bonds is 4. The molecule has 1 amide bonds. The van der Waals surface area contributed by atoms with Gasteiger partial charge in [-0.1, -0.05) is 38.1 Å². The maximum absolute atomic E-state index is 13.8. The highest BCUT2D eigenvalue weighted by Crippen LogP contribution is 2.41. The van der Waals surface area contributed by atoms with Crippen LogP contribution in [0.1, 0.15) is 35.5 Å². The van der Waals surface area contributed by atoms with Crippen molar-refractivity contribution in [2.75, 3.05) is 12.4 Å². The summed E-state index contributed by atoms with van der Waals surface area (Å²) in [5.41, 5.74) is -0.383. The molecule has 0 saturated carbocycles. The fraction of sp³-hybridized carbons (Fsp3) is 0.240. The Morgan fingerprint density at radius 3 is 2.38 bits per heavy atom. The van der Waals surface area contributed by atoms with Crippen molar-refractivity contribution in [3.05, 3.63) is 83.1 Å². The zero-order valence-electron chi connectivity index (χ0n) is 18.7. The van der Waals surface area contributed by atoms with E-state index in [9.17, 15) is 26.7 Å². The number of nitrogens with one attached hydrogen (secondary N) is 1. The molecule has 1 aliphatic heterocycles. The summed E-state index contributed by atoms with van der Waals surface area (Å²) in [6, 6.07) is 9.96. The lowest BCUT2D eigenvalue weighted by atomic mass is 10.1. The van der Waals surface area contributed by atoms with Crippen LogP contribution in [-0.4, -0.2) is 23.7 Å². The van der Waals surface area contributed by atoms with E-state index in [0.717, 1.165) is 18.2 Å². The van der Waals surface area contributed by atoms with Crippen molar-refractivity contribution in [1.82, 2.24) is 4.57 Å². The Morgan fingerprint density at radius 2 is 1.76 bits per heavy atom. The molecule has 4 rings (SSSR count). The summed E-state index contributed by atoms with van der Waals surface area (Å²) in [6.07, 6.45) is -1.66. The van der Waals surface area contributed by atoms with Gasteiger partial charge in [-0.2, -0.15) is 13.2 Å². The summed E-state index contributed by atoms with van der Waals surface area (Å²) in [4.78, 5) is 12.3. The predicted molar refractivity (Wildman–Crippen MR) is 120 cm³/mol. The first-order chi connectivity index (χ1) is 16.2. The van der Waals surface area contributed by atoms with Crippen molar-refractivity contribution in [3.63, 3.8) is 0 Å². The van der Waals surface area contributed by atoms with E-state index < -0.39 is 34.8 Å². The van der Waals surface area contributed by atoms with Crippen LogP contribution in [0.5, 0.6) is 0 Å². The van der Waals surface area contributed by atoms with Gasteiger partial charge in [0, 0.05) is 18.5 Å². The number of methoxy groups -OCH3 is 1. The number of fused-ring (bicyclic) bond motifs is 1. The van der Waals surface area contributed by atoms with Gasteiger partial charge in [0.2, 0.25) is 0 Å². The third-order valence-electron chi connectivity index (χ3n) is 5.19. The number of aromatic nitrogens is 1. The quantitative estimate of drug-likeness (QED) is 0.421. The molecule has 1 aromatic heterocycles. The molecule has 2 heterocycles. The Balaban J connectivity index is 0.00000158. The second-order valence-corrected chi connectivity index (χ2v) is 7.21. The van der Waals surface area contributed by atoms with Gasteiger partial charge in [-0.05, 0) is 42.0 Å². The molecular weight excluding hydrogens is 455 g/mol. The van der Waals surface area contributed by atoms with E-state index in [2.05, 4.69) is 5.32 Å². The molecule has 0 radical (unpaired) electrons. The Morgan fingerprint density at radius 1 is 1.09 bits per heavy atom. The topological polar surface area (TPSA) is 43.3 Å². The Bertz CT molecular complexity index is 1200. The normalized spacial score (nSPS) is 14.8. The van der Waals surface area contributed by atoms with Gasteiger partial charge in [-0.25, -0.2) is 8.78 Å². The van der Waals surface area contributed by atoms with Gasteiger partial charge in [0.1, 0.15) is 0 Å². The monoisotopic (exact) mass is 478 g/mol. The number of amides is 1. The highest BCUT2D eigenvalue weighted by atomic mass is 19.4. The number of ether oxygens (including phenoxy) is 1. The third-order valence-corrected chi connectivity index (χ3v) is 5.19. The molecule has 3 aromatic rings. The first-order valence-electron chi connectivity index (χ1n) is 10.6. The van der Waals surface area contributed by atoms with E-state index in [1.54, 1.807) is 12.2 Å². The maximum atomic E-state index is 13.8. The van der Waals surface area contributed by atoms with Gasteiger partial charge >= 0.3 is 6.18 Å². The van der Waals surface area contributed by atoms with Gasteiger partial charge in [0.15, 0.2) is 11.6 Å². The number of benzene rings is 2. The molecule has 4 nitrogen and oxygen atoms in total. The standard InChI is InChI=1S/C23H17F5N2O2.C2H6/c1-32-16-10-9-15-11-18(23(26,27)28)21(30(15)12-16)13-5-7-14(8-6-13)29-22(31)17-3-2-4-19(24)20(17)25;1-2/h2-11,16H,12H2,1H3,(H,29,31);1-2H3. The fourth-order valence-corrected chi connectivity index (χ4v) is 3.62. The van der Waals surface area contributed by atoms with Crippen LogP contribution >= 0.6 is 0 Å². The summed E-state index contributed by atoms with van der Waals surface area (Å²) < 4.78 is 75.1. The number of hydrogen-bond donors (Lipinski definition) is 1. The SMILES string of the molecule is CC.COC1C=Cc2cc(C(F)(F)F)c(-c3ccc(NC(=O)c4cccc(F)c4F)cc3)n2C1. The number of nitrogens with zero attached hydrogens (tertiary/aromatic N) is 1. The largest absolute Gasteiger partial charge is 0.418 e. The molecule has 0 aliphatic carbocycles. The van der Waals surface area contributed by atoms with E-state index in [1.165, 1.54) is 42.0 Å². The minimum atomic E-state index is -4.57. The zero-order valence-corrected chi connectivity index (χ0v) is 18.7. The molecule has 0 bridgehead atoms. The van der Waals surface area contributed by atoms with Gasteiger partial charge in [0.25, 0.3) is 5.91 Å². The molecule has 34 heavy (non-hydrogen) atoms. The maximum Gasteiger partial charge on any atom is 0.418 e. The van der Waals surface area contributed by atoms with Crippen LogP contribution in [0.4, 0.5) is 27.6 Å². The Hall–Kier alpha value is -3.46. The summed E-state index contributed by atoms with van der Waals surface area (Å²) in [5, 5.41) is 2.42. The van der Waals surface area contributed by atoms with E-state index in [0.29, 0.717) is 5.69 Å². The molecule has 1 N–H and O–H groups in total. The molecule has 0 fully saturated rings. The molecule has 2 aromatic carbocycles. The molecule has 1 atom stereocenters. The zero-order chi connectivity index (χ0) is 25.0. The van der Waals surface area contributed by atoms with Crippen molar-refractivity contribution < 1.29 is 31.5 Å².